The van der Waals surface area contributed by atoms with Crippen LogP contribution in [0.2, 0.25) is 0 Å². The molecule has 0 radical (unpaired) electrons. The molecule has 0 N–H and O–H groups in total. The Labute approximate surface area is 182 Å². The van der Waals surface area contributed by atoms with Crippen molar-refractivity contribution in [3.05, 3.63) is 75.7 Å². The van der Waals surface area contributed by atoms with Gasteiger partial charge in [-0.3, -0.25) is 9.80 Å². The van der Waals surface area contributed by atoms with E-state index in [4.69, 9.17) is 14.5 Å². The smallest absolute Gasteiger partial charge is 0.161 e. The molecule has 1 aromatic heterocycles. The second-order valence-electron chi connectivity index (χ2n) is 7.64. The van der Waals surface area contributed by atoms with Crippen molar-refractivity contribution in [2.75, 3.05) is 40.4 Å². The third kappa shape index (κ3) is 5.39. The van der Waals surface area contributed by atoms with Gasteiger partial charge < -0.3 is 9.47 Å². The molecular weight excluding hydrogens is 394 g/mol. The highest BCUT2D eigenvalue weighted by atomic mass is 32.1. The average Bonchev–Trinajstić information content (AvgIpc) is 3.22. The fourth-order valence-corrected chi connectivity index (χ4v) is 4.66. The summed E-state index contributed by atoms with van der Waals surface area (Å²) in [6, 6.07) is 16.8. The summed E-state index contributed by atoms with van der Waals surface area (Å²) in [6.45, 7) is 6.14. The van der Waals surface area contributed by atoms with Crippen LogP contribution in [0.1, 0.15) is 21.8 Å². The van der Waals surface area contributed by atoms with E-state index in [9.17, 15) is 0 Å². The van der Waals surface area contributed by atoms with Gasteiger partial charge in [-0.2, -0.15) is 0 Å². The zero-order valence-electron chi connectivity index (χ0n) is 17.7. The molecule has 0 bridgehead atoms. The molecule has 0 amide bonds. The Morgan fingerprint density at radius 1 is 0.833 bits per heavy atom. The first-order valence-electron chi connectivity index (χ1n) is 10.4. The number of hydrogen-bond acceptors (Lipinski definition) is 6. The lowest BCUT2D eigenvalue weighted by Gasteiger charge is -2.34. The van der Waals surface area contributed by atoms with Gasteiger partial charge >= 0.3 is 0 Å². The largest absolute Gasteiger partial charge is 0.493 e. The van der Waals surface area contributed by atoms with E-state index in [2.05, 4.69) is 57.6 Å². The van der Waals surface area contributed by atoms with E-state index in [1.165, 1.54) is 21.8 Å². The highest BCUT2D eigenvalue weighted by molar-refractivity contribution is 7.09. The van der Waals surface area contributed by atoms with Gasteiger partial charge in [0.1, 0.15) is 0 Å². The Kier molecular flexibility index (Phi) is 7.00. The quantitative estimate of drug-likeness (QED) is 0.546. The minimum atomic E-state index is 0.779. The first kappa shape index (κ1) is 20.8. The van der Waals surface area contributed by atoms with Gasteiger partial charge in [0.05, 0.1) is 24.9 Å². The summed E-state index contributed by atoms with van der Waals surface area (Å²) in [6.07, 6.45) is 0.921. The van der Waals surface area contributed by atoms with E-state index in [0.29, 0.717) is 0 Å². The number of aromatic nitrogens is 1. The summed E-state index contributed by atoms with van der Waals surface area (Å²) >= 11 is 1.77. The normalized spacial score (nSPS) is 15.3. The van der Waals surface area contributed by atoms with Crippen LogP contribution in [-0.4, -0.2) is 55.2 Å². The maximum absolute atomic E-state index is 5.43. The Morgan fingerprint density at radius 3 is 2.23 bits per heavy atom. The minimum absolute atomic E-state index is 0.779. The maximum Gasteiger partial charge on any atom is 0.161 e. The van der Waals surface area contributed by atoms with Crippen LogP contribution >= 0.6 is 11.3 Å². The molecule has 3 aromatic rings. The summed E-state index contributed by atoms with van der Waals surface area (Å²) in [4.78, 5) is 9.87. The fraction of sp³-hybridized carbons (Fsp3) is 0.375. The summed E-state index contributed by atoms with van der Waals surface area (Å²) in [5, 5.41) is 3.41. The van der Waals surface area contributed by atoms with E-state index in [1.54, 1.807) is 25.6 Å². The molecule has 1 saturated heterocycles. The van der Waals surface area contributed by atoms with Crippen molar-refractivity contribution in [2.45, 2.75) is 19.5 Å². The molecule has 4 rings (SSSR count). The number of thiazole rings is 1. The number of rotatable bonds is 8. The number of methoxy groups -OCH3 is 2. The molecule has 2 aromatic carbocycles. The topological polar surface area (TPSA) is 37.8 Å². The SMILES string of the molecule is COc1ccc(CN2CCN(Cc3csc(Cc4ccccc4)n3)CC2)cc1OC. The number of benzene rings is 2. The molecule has 1 aliphatic heterocycles. The second-order valence-corrected chi connectivity index (χ2v) is 8.58. The molecule has 0 saturated carbocycles. The second kappa shape index (κ2) is 10.1. The third-order valence-corrected chi connectivity index (χ3v) is 6.40. The van der Waals surface area contributed by atoms with Crippen LogP contribution in [0.4, 0.5) is 0 Å². The van der Waals surface area contributed by atoms with Crippen molar-refractivity contribution < 1.29 is 9.47 Å². The van der Waals surface area contributed by atoms with Crippen LogP contribution in [0, 0.1) is 0 Å². The minimum Gasteiger partial charge on any atom is -0.493 e. The molecule has 0 unspecified atom stereocenters. The Morgan fingerprint density at radius 2 is 1.53 bits per heavy atom. The molecule has 30 heavy (non-hydrogen) atoms. The molecule has 5 nitrogen and oxygen atoms in total. The van der Waals surface area contributed by atoms with E-state index < -0.39 is 0 Å². The number of piperazine rings is 1. The Balaban J connectivity index is 1.26. The van der Waals surface area contributed by atoms with Crippen LogP contribution in [0.15, 0.2) is 53.9 Å². The molecular formula is C24H29N3O2S. The van der Waals surface area contributed by atoms with Gasteiger partial charge in [0.2, 0.25) is 0 Å². The summed E-state index contributed by atoms with van der Waals surface area (Å²) in [7, 11) is 3.36. The van der Waals surface area contributed by atoms with Gasteiger partial charge in [0, 0.05) is 51.1 Å². The highest BCUT2D eigenvalue weighted by Gasteiger charge is 2.18. The molecule has 0 aliphatic carbocycles. The van der Waals surface area contributed by atoms with Gasteiger partial charge in [-0.05, 0) is 23.3 Å². The van der Waals surface area contributed by atoms with E-state index in [-0.39, 0.29) is 0 Å². The summed E-state index contributed by atoms with van der Waals surface area (Å²) < 4.78 is 10.8. The van der Waals surface area contributed by atoms with Crippen molar-refractivity contribution in [1.29, 1.82) is 0 Å². The monoisotopic (exact) mass is 423 g/mol. The molecule has 6 heteroatoms. The standard InChI is InChI=1S/C24H29N3O2S/c1-28-22-9-8-20(14-23(22)29-2)16-26-10-12-27(13-11-26)17-21-18-30-24(25-21)15-19-6-4-3-5-7-19/h3-9,14,18H,10-13,15-17H2,1-2H3. The Bertz CT molecular complexity index is 937. The zero-order valence-corrected chi connectivity index (χ0v) is 18.5. The predicted molar refractivity (Wildman–Crippen MR) is 121 cm³/mol. The van der Waals surface area contributed by atoms with Gasteiger partial charge in [0.15, 0.2) is 11.5 Å². The van der Waals surface area contributed by atoms with Crippen LogP contribution in [0.25, 0.3) is 0 Å². The van der Waals surface area contributed by atoms with Crippen molar-refractivity contribution in [1.82, 2.24) is 14.8 Å². The number of nitrogens with zero attached hydrogens (tertiary/aromatic N) is 3. The van der Waals surface area contributed by atoms with Gasteiger partial charge in [-0.1, -0.05) is 36.4 Å². The Hall–Kier alpha value is -2.41. The van der Waals surface area contributed by atoms with Crippen molar-refractivity contribution in [2.24, 2.45) is 0 Å². The van der Waals surface area contributed by atoms with Gasteiger partial charge in [-0.15, -0.1) is 11.3 Å². The van der Waals surface area contributed by atoms with Crippen molar-refractivity contribution >= 4 is 11.3 Å². The molecule has 2 heterocycles. The number of ether oxygens (including phenoxy) is 2. The fourth-order valence-electron chi connectivity index (χ4n) is 3.85. The lowest BCUT2D eigenvalue weighted by atomic mass is 10.1. The van der Waals surface area contributed by atoms with E-state index >= 15 is 0 Å². The van der Waals surface area contributed by atoms with Crippen LogP contribution in [0.5, 0.6) is 11.5 Å². The van der Waals surface area contributed by atoms with Crippen molar-refractivity contribution in [3.8, 4) is 11.5 Å². The average molecular weight is 424 g/mol. The molecule has 1 fully saturated rings. The number of hydrogen-bond donors (Lipinski definition) is 0. The maximum atomic E-state index is 5.43. The predicted octanol–water partition coefficient (Wildman–Crippen LogP) is 4.07. The van der Waals surface area contributed by atoms with Crippen LogP contribution in [0.3, 0.4) is 0 Å². The lowest BCUT2D eigenvalue weighted by Crippen LogP contribution is -2.45. The zero-order chi connectivity index (χ0) is 20.8. The van der Waals surface area contributed by atoms with E-state index in [0.717, 1.165) is 57.2 Å². The molecule has 0 atom stereocenters. The molecule has 1 aliphatic rings. The molecule has 0 spiro atoms. The van der Waals surface area contributed by atoms with Crippen molar-refractivity contribution in [3.63, 3.8) is 0 Å². The van der Waals surface area contributed by atoms with Gasteiger partial charge in [-0.25, -0.2) is 4.98 Å². The lowest BCUT2D eigenvalue weighted by molar-refractivity contribution is 0.121. The van der Waals surface area contributed by atoms with Crippen LogP contribution < -0.4 is 9.47 Å². The highest BCUT2D eigenvalue weighted by Crippen LogP contribution is 2.28. The van der Waals surface area contributed by atoms with Crippen LogP contribution in [-0.2, 0) is 19.5 Å². The van der Waals surface area contributed by atoms with E-state index in [1.807, 2.05) is 6.07 Å². The summed E-state index contributed by atoms with van der Waals surface area (Å²) in [5.41, 5.74) is 3.77. The summed E-state index contributed by atoms with van der Waals surface area (Å²) in [5.74, 6) is 1.57. The first-order chi connectivity index (χ1) is 14.7. The first-order valence-corrected chi connectivity index (χ1v) is 11.2. The third-order valence-electron chi connectivity index (χ3n) is 5.50. The van der Waals surface area contributed by atoms with Gasteiger partial charge in [0.25, 0.3) is 0 Å². The molecule has 158 valence electrons.